The molecule has 1 atom stereocenters. The normalized spacial score (nSPS) is 11.2. The van der Waals surface area contributed by atoms with E-state index in [-0.39, 0.29) is 5.92 Å². The summed E-state index contributed by atoms with van der Waals surface area (Å²) in [6, 6.07) is 2.07. The Labute approximate surface area is 61.5 Å². The molecule has 0 aliphatic heterocycles. The molecule has 0 aliphatic carbocycles. The molecule has 0 aliphatic rings. The van der Waals surface area contributed by atoms with Crippen LogP contribution in [0.25, 0.3) is 0 Å². The maximum atomic E-state index is 8.44. The van der Waals surface area contributed by atoms with Crippen LogP contribution in [0.2, 0.25) is 0 Å². The first-order chi connectivity index (χ1) is 4.74. The topological polar surface area (TPSA) is 50.8 Å². The van der Waals surface area contributed by atoms with Crippen LogP contribution in [-0.2, 0) is 0 Å². The van der Waals surface area contributed by atoms with Crippen LogP contribution in [-0.4, -0.2) is 18.0 Å². The van der Waals surface area contributed by atoms with Gasteiger partial charge in [0.1, 0.15) is 0 Å². The highest BCUT2D eigenvalue weighted by atomic mass is 15.1. The van der Waals surface area contributed by atoms with Crippen molar-refractivity contribution in [1.82, 2.24) is 4.90 Å². The molecule has 0 heterocycles. The van der Waals surface area contributed by atoms with Crippen LogP contribution in [0.15, 0.2) is 0 Å². The van der Waals surface area contributed by atoms with E-state index in [9.17, 15) is 0 Å². The third kappa shape index (κ3) is 2.94. The molecule has 0 aromatic carbocycles. The van der Waals surface area contributed by atoms with E-state index in [4.69, 9.17) is 10.5 Å². The van der Waals surface area contributed by atoms with Crippen molar-refractivity contribution >= 4 is 0 Å². The lowest BCUT2D eigenvalue weighted by Crippen LogP contribution is -2.22. The molecule has 10 heavy (non-hydrogen) atoms. The van der Waals surface area contributed by atoms with Crippen LogP contribution in [0.1, 0.15) is 13.8 Å². The Morgan fingerprint density at radius 3 is 2.40 bits per heavy atom. The maximum absolute atomic E-state index is 8.44. The molecule has 0 saturated heterocycles. The zero-order chi connectivity index (χ0) is 7.98. The van der Waals surface area contributed by atoms with E-state index in [0.717, 1.165) is 0 Å². The van der Waals surface area contributed by atoms with Crippen molar-refractivity contribution in [2.24, 2.45) is 5.92 Å². The van der Waals surface area contributed by atoms with E-state index in [1.807, 2.05) is 13.1 Å². The fourth-order valence-corrected chi connectivity index (χ4v) is 0.612. The molecule has 1 unspecified atom stereocenters. The second-order valence-electron chi connectivity index (χ2n) is 2.17. The second kappa shape index (κ2) is 4.64. The number of hydrogen-bond donors (Lipinski definition) is 0. The van der Waals surface area contributed by atoms with Crippen LogP contribution in [0, 0.1) is 28.7 Å². The summed E-state index contributed by atoms with van der Waals surface area (Å²) in [5, 5.41) is 16.8. The molecular formula is C7H11N3. The monoisotopic (exact) mass is 137 g/mol. The highest BCUT2D eigenvalue weighted by Crippen LogP contribution is 1.95. The van der Waals surface area contributed by atoms with Gasteiger partial charge in [-0.25, -0.2) is 0 Å². The SMILES string of the molecule is CCN(C#N)CC(C)C#N. The van der Waals surface area contributed by atoms with Gasteiger partial charge >= 0.3 is 0 Å². The summed E-state index contributed by atoms with van der Waals surface area (Å²) < 4.78 is 0. The summed E-state index contributed by atoms with van der Waals surface area (Å²) in [7, 11) is 0. The first kappa shape index (κ1) is 8.78. The minimum Gasteiger partial charge on any atom is -0.310 e. The molecule has 0 rings (SSSR count). The molecule has 0 saturated carbocycles. The van der Waals surface area contributed by atoms with Gasteiger partial charge in [-0.2, -0.15) is 10.5 Å². The second-order valence-corrected chi connectivity index (χ2v) is 2.17. The Morgan fingerprint density at radius 1 is 1.50 bits per heavy atom. The summed E-state index contributed by atoms with van der Waals surface area (Å²) in [4.78, 5) is 1.56. The van der Waals surface area contributed by atoms with Crippen molar-refractivity contribution in [2.45, 2.75) is 13.8 Å². The van der Waals surface area contributed by atoms with Gasteiger partial charge in [-0.3, -0.25) is 0 Å². The smallest absolute Gasteiger partial charge is 0.179 e. The summed E-state index contributed by atoms with van der Waals surface area (Å²) in [5.74, 6) is -0.0559. The summed E-state index contributed by atoms with van der Waals surface area (Å²) >= 11 is 0. The van der Waals surface area contributed by atoms with Crippen molar-refractivity contribution in [2.75, 3.05) is 13.1 Å². The number of hydrogen-bond acceptors (Lipinski definition) is 3. The molecule has 0 fully saturated rings. The van der Waals surface area contributed by atoms with Gasteiger partial charge in [-0.1, -0.05) is 0 Å². The highest BCUT2D eigenvalue weighted by molar-refractivity contribution is 4.84. The van der Waals surface area contributed by atoms with E-state index in [2.05, 4.69) is 6.07 Å². The van der Waals surface area contributed by atoms with Crippen LogP contribution >= 0.6 is 0 Å². The molecule has 54 valence electrons. The van der Waals surface area contributed by atoms with Crippen LogP contribution < -0.4 is 0 Å². The molecule has 0 aromatic rings. The summed E-state index contributed by atoms with van der Waals surface area (Å²) in [6.07, 6.45) is 2.00. The summed E-state index contributed by atoms with van der Waals surface area (Å²) in [6.45, 7) is 4.93. The largest absolute Gasteiger partial charge is 0.310 e. The zero-order valence-electron chi connectivity index (χ0n) is 6.33. The van der Waals surface area contributed by atoms with Gasteiger partial charge in [0.15, 0.2) is 6.19 Å². The fraction of sp³-hybridized carbons (Fsp3) is 0.714. The van der Waals surface area contributed by atoms with Crippen molar-refractivity contribution in [3.05, 3.63) is 0 Å². The van der Waals surface area contributed by atoms with Crippen molar-refractivity contribution in [3.8, 4) is 12.3 Å². The fourth-order valence-electron chi connectivity index (χ4n) is 0.612. The van der Waals surface area contributed by atoms with Gasteiger partial charge in [0, 0.05) is 13.1 Å². The lowest BCUT2D eigenvalue weighted by molar-refractivity contribution is 0.380. The Hall–Kier alpha value is -1.22. The van der Waals surface area contributed by atoms with Gasteiger partial charge < -0.3 is 4.90 Å². The lowest BCUT2D eigenvalue weighted by Gasteiger charge is -2.12. The number of nitrogens with zero attached hydrogens (tertiary/aromatic N) is 3. The predicted octanol–water partition coefficient (Wildman–Crippen LogP) is 0.949. The van der Waals surface area contributed by atoms with Gasteiger partial charge in [0.2, 0.25) is 0 Å². The average molecular weight is 137 g/mol. The Balaban J connectivity index is 3.68. The third-order valence-electron chi connectivity index (χ3n) is 1.24. The van der Waals surface area contributed by atoms with E-state index >= 15 is 0 Å². The first-order valence-corrected chi connectivity index (χ1v) is 3.28. The minimum absolute atomic E-state index is 0.0559. The molecule has 0 spiro atoms. The third-order valence-corrected chi connectivity index (χ3v) is 1.24. The highest BCUT2D eigenvalue weighted by Gasteiger charge is 2.03. The minimum atomic E-state index is -0.0559. The van der Waals surface area contributed by atoms with Crippen LogP contribution in [0.4, 0.5) is 0 Å². The van der Waals surface area contributed by atoms with Crippen LogP contribution in [0.3, 0.4) is 0 Å². The van der Waals surface area contributed by atoms with Gasteiger partial charge in [-0.05, 0) is 13.8 Å². The Kier molecular flexibility index (Phi) is 4.07. The Bertz CT molecular complexity index is 163. The molecule has 3 heteroatoms. The average Bonchev–Trinajstić information content (AvgIpc) is 1.99. The molecular weight excluding hydrogens is 126 g/mol. The zero-order valence-corrected chi connectivity index (χ0v) is 6.33. The van der Waals surface area contributed by atoms with Crippen molar-refractivity contribution in [1.29, 1.82) is 10.5 Å². The molecule has 0 N–H and O–H groups in total. The lowest BCUT2D eigenvalue weighted by atomic mass is 10.2. The van der Waals surface area contributed by atoms with Crippen molar-refractivity contribution in [3.63, 3.8) is 0 Å². The Morgan fingerprint density at radius 2 is 2.10 bits per heavy atom. The molecule has 0 bridgehead atoms. The summed E-state index contributed by atoms with van der Waals surface area (Å²) in [5.41, 5.74) is 0. The standard InChI is InChI=1S/C7H11N3/c1-3-10(6-9)5-7(2)4-8/h7H,3,5H2,1-2H3. The molecule has 0 radical (unpaired) electrons. The number of nitriles is 2. The quantitative estimate of drug-likeness (QED) is 0.430. The molecule has 3 nitrogen and oxygen atoms in total. The number of rotatable bonds is 3. The van der Waals surface area contributed by atoms with Gasteiger partial charge in [-0.15, -0.1) is 0 Å². The van der Waals surface area contributed by atoms with E-state index in [1.165, 1.54) is 0 Å². The first-order valence-electron chi connectivity index (χ1n) is 3.28. The molecule has 0 aromatic heterocycles. The van der Waals surface area contributed by atoms with Gasteiger partial charge in [0.05, 0.1) is 12.0 Å². The van der Waals surface area contributed by atoms with Crippen LogP contribution in [0.5, 0.6) is 0 Å². The van der Waals surface area contributed by atoms with E-state index in [1.54, 1.807) is 11.8 Å². The van der Waals surface area contributed by atoms with Crippen molar-refractivity contribution < 1.29 is 0 Å². The van der Waals surface area contributed by atoms with Gasteiger partial charge in [0.25, 0.3) is 0 Å². The predicted molar refractivity (Wildman–Crippen MR) is 37.6 cm³/mol. The molecule has 0 amide bonds. The van der Waals surface area contributed by atoms with E-state index in [0.29, 0.717) is 13.1 Å². The maximum Gasteiger partial charge on any atom is 0.179 e. The van der Waals surface area contributed by atoms with E-state index < -0.39 is 0 Å².